The van der Waals surface area contributed by atoms with Gasteiger partial charge in [-0.05, 0) is 18.9 Å². The van der Waals surface area contributed by atoms with E-state index in [0.717, 1.165) is 6.07 Å². The molecule has 22 heavy (non-hydrogen) atoms. The quantitative estimate of drug-likeness (QED) is 0.620. The van der Waals surface area contributed by atoms with Crippen molar-refractivity contribution in [2.75, 3.05) is 19.6 Å². The lowest BCUT2D eigenvalue weighted by Crippen LogP contribution is -2.57. The van der Waals surface area contributed by atoms with E-state index >= 15 is 0 Å². The fraction of sp³-hybridized carbons (Fsp3) is 0.438. The van der Waals surface area contributed by atoms with Gasteiger partial charge in [-0.15, -0.1) is 6.58 Å². The molecule has 6 heteroatoms. The average molecular weight is 310 g/mol. The lowest BCUT2D eigenvalue weighted by molar-refractivity contribution is -0.157. The zero-order valence-corrected chi connectivity index (χ0v) is 12.3. The first kappa shape index (κ1) is 16.6. The van der Waals surface area contributed by atoms with E-state index < -0.39 is 23.1 Å². The SMILES string of the molecule is C=CCNCC1(O)CCCN(Cc2cccc(F)c2F)C1=O. The third-order valence-corrected chi connectivity index (χ3v) is 3.80. The molecule has 1 aliphatic heterocycles. The van der Waals surface area contributed by atoms with Crippen LogP contribution in [0, 0.1) is 11.6 Å². The van der Waals surface area contributed by atoms with Crippen LogP contribution in [-0.2, 0) is 11.3 Å². The smallest absolute Gasteiger partial charge is 0.256 e. The van der Waals surface area contributed by atoms with Crippen LogP contribution in [0.1, 0.15) is 18.4 Å². The molecule has 1 aromatic rings. The largest absolute Gasteiger partial charge is 0.379 e. The summed E-state index contributed by atoms with van der Waals surface area (Å²) in [7, 11) is 0. The maximum atomic E-state index is 13.7. The van der Waals surface area contributed by atoms with Crippen LogP contribution in [0.3, 0.4) is 0 Å². The minimum Gasteiger partial charge on any atom is -0.379 e. The second-order valence-electron chi connectivity index (χ2n) is 5.49. The number of hydrogen-bond donors (Lipinski definition) is 2. The Kier molecular flexibility index (Phi) is 5.26. The zero-order chi connectivity index (χ0) is 16.2. The molecule has 0 saturated carbocycles. The number of rotatable bonds is 6. The second-order valence-corrected chi connectivity index (χ2v) is 5.49. The summed E-state index contributed by atoms with van der Waals surface area (Å²) in [5.41, 5.74) is -1.40. The highest BCUT2D eigenvalue weighted by molar-refractivity contribution is 5.86. The minimum atomic E-state index is -1.51. The number of halogens is 2. The fourth-order valence-electron chi connectivity index (χ4n) is 2.64. The van der Waals surface area contributed by atoms with Crippen LogP contribution in [0.25, 0.3) is 0 Å². The van der Waals surface area contributed by atoms with Crippen molar-refractivity contribution in [3.05, 3.63) is 48.1 Å². The van der Waals surface area contributed by atoms with E-state index in [-0.39, 0.29) is 18.7 Å². The summed E-state index contributed by atoms with van der Waals surface area (Å²) in [6.07, 6.45) is 2.59. The number of aliphatic hydroxyl groups is 1. The highest BCUT2D eigenvalue weighted by atomic mass is 19.2. The number of nitrogens with one attached hydrogen (secondary N) is 1. The van der Waals surface area contributed by atoms with Crippen LogP contribution in [0.15, 0.2) is 30.9 Å². The molecule has 1 aliphatic rings. The molecule has 1 atom stereocenters. The molecular weight excluding hydrogens is 290 g/mol. The molecule has 1 fully saturated rings. The molecule has 1 amide bonds. The van der Waals surface area contributed by atoms with Gasteiger partial charge in [0.05, 0.1) is 0 Å². The maximum absolute atomic E-state index is 13.7. The van der Waals surface area contributed by atoms with Gasteiger partial charge >= 0.3 is 0 Å². The molecule has 2 N–H and O–H groups in total. The van der Waals surface area contributed by atoms with Crippen molar-refractivity contribution in [3.8, 4) is 0 Å². The number of benzene rings is 1. The van der Waals surface area contributed by atoms with Crippen molar-refractivity contribution < 1.29 is 18.7 Å². The summed E-state index contributed by atoms with van der Waals surface area (Å²) in [5, 5.41) is 13.4. The molecule has 0 spiro atoms. The Morgan fingerprint density at radius 1 is 1.45 bits per heavy atom. The Labute approximate surface area is 128 Å². The van der Waals surface area contributed by atoms with Crippen LogP contribution in [0.2, 0.25) is 0 Å². The van der Waals surface area contributed by atoms with Gasteiger partial charge in [-0.3, -0.25) is 4.79 Å². The summed E-state index contributed by atoms with van der Waals surface area (Å²) in [6.45, 7) is 4.51. The standard InChI is InChI=1S/C16H20F2N2O2/c1-2-8-19-11-16(22)7-4-9-20(15(16)21)10-12-5-3-6-13(17)14(12)18/h2-3,5-6,19,22H,1,4,7-11H2. The summed E-state index contributed by atoms with van der Waals surface area (Å²) in [4.78, 5) is 13.8. The Balaban J connectivity index is 2.09. The molecular formula is C16H20F2N2O2. The number of nitrogens with zero attached hydrogens (tertiary/aromatic N) is 1. The van der Waals surface area contributed by atoms with Crippen molar-refractivity contribution in [2.24, 2.45) is 0 Å². The molecule has 1 saturated heterocycles. The van der Waals surface area contributed by atoms with Gasteiger partial charge in [0.1, 0.15) is 0 Å². The van der Waals surface area contributed by atoms with Crippen LogP contribution in [0.5, 0.6) is 0 Å². The van der Waals surface area contributed by atoms with Crippen LogP contribution in [-0.4, -0.2) is 41.1 Å². The molecule has 1 aromatic carbocycles. The minimum absolute atomic E-state index is 0.0494. The van der Waals surface area contributed by atoms with Crippen molar-refractivity contribution in [1.29, 1.82) is 0 Å². The van der Waals surface area contributed by atoms with E-state index in [4.69, 9.17) is 0 Å². The number of carbonyl (C=O) groups is 1. The molecule has 4 nitrogen and oxygen atoms in total. The van der Waals surface area contributed by atoms with Crippen molar-refractivity contribution in [3.63, 3.8) is 0 Å². The van der Waals surface area contributed by atoms with Gasteiger partial charge in [-0.2, -0.15) is 0 Å². The Morgan fingerprint density at radius 2 is 2.23 bits per heavy atom. The van der Waals surface area contributed by atoms with Gasteiger partial charge < -0.3 is 15.3 Å². The topological polar surface area (TPSA) is 52.6 Å². The third kappa shape index (κ3) is 3.51. The molecule has 0 radical (unpaired) electrons. The Bertz CT molecular complexity index is 565. The molecule has 1 unspecified atom stereocenters. The third-order valence-electron chi connectivity index (χ3n) is 3.80. The van der Waals surface area contributed by atoms with E-state index in [1.165, 1.54) is 17.0 Å². The lowest BCUT2D eigenvalue weighted by Gasteiger charge is -2.38. The number of likely N-dealkylation sites (tertiary alicyclic amines) is 1. The van der Waals surface area contributed by atoms with E-state index in [9.17, 15) is 18.7 Å². The summed E-state index contributed by atoms with van der Waals surface area (Å²) in [5.74, 6) is -2.35. The number of piperidine rings is 1. The fourth-order valence-corrected chi connectivity index (χ4v) is 2.64. The van der Waals surface area contributed by atoms with E-state index in [2.05, 4.69) is 11.9 Å². The van der Waals surface area contributed by atoms with Gasteiger partial charge in [-0.1, -0.05) is 18.2 Å². The second kappa shape index (κ2) is 6.98. The summed E-state index contributed by atoms with van der Waals surface area (Å²) < 4.78 is 27.0. The lowest BCUT2D eigenvalue weighted by atomic mass is 9.91. The summed E-state index contributed by atoms with van der Waals surface area (Å²) in [6, 6.07) is 3.88. The first-order valence-electron chi connectivity index (χ1n) is 7.24. The van der Waals surface area contributed by atoms with Gasteiger partial charge in [0.2, 0.25) is 0 Å². The van der Waals surface area contributed by atoms with Crippen LogP contribution >= 0.6 is 0 Å². The average Bonchev–Trinajstić information content (AvgIpc) is 2.49. The van der Waals surface area contributed by atoms with Gasteiger partial charge in [0.15, 0.2) is 17.2 Å². The number of amides is 1. The van der Waals surface area contributed by atoms with Gasteiger partial charge in [0, 0.05) is 31.7 Å². The maximum Gasteiger partial charge on any atom is 0.256 e. The normalized spacial score (nSPS) is 22.0. The van der Waals surface area contributed by atoms with Crippen molar-refractivity contribution >= 4 is 5.91 Å². The molecule has 0 aliphatic carbocycles. The van der Waals surface area contributed by atoms with Gasteiger partial charge in [0.25, 0.3) is 5.91 Å². The van der Waals surface area contributed by atoms with Crippen LogP contribution in [0.4, 0.5) is 8.78 Å². The number of hydrogen-bond acceptors (Lipinski definition) is 3. The van der Waals surface area contributed by atoms with E-state index in [1.54, 1.807) is 6.08 Å². The van der Waals surface area contributed by atoms with Crippen molar-refractivity contribution in [2.45, 2.75) is 25.0 Å². The monoisotopic (exact) mass is 310 g/mol. The number of carbonyl (C=O) groups excluding carboxylic acids is 1. The molecule has 120 valence electrons. The summed E-state index contributed by atoms with van der Waals surface area (Å²) >= 11 is 0. The predicted octanol–water partition coefficient (Wildman–Crippen LogP) is 1.59. The predicted molar refractivity (Wildman–Crippen MR) is 79.0 cm³/mol. The van der Waals surface area contributed by atoms with E-state index in [1.807, 2.05) is 0 Å². The highest BCUT2D eigenvalue weighted by Crippen LogP contribution is 2.24. The van der Waals surface area contributed by atoms with Gasteiger partial charge in [-0.25, -0.2) is 8.78 Å². The molecule has 0 bridgehead atoms. The first-order valence-corrected chi connectivity index (χ1v) is 7.24. The molecule has 1 heterocycles. The molecule has 0 aromatic heterocycles. The Hall–Kier alpha value is -1.79. The Morgan fingerprint density at radius 3 is 2.95 bits per heavy atom. The highest BCUT2D eigenvalue weighted by Gasteiger charge is 2.41. The van der Waals surface area contributed by atoms with Crippen molar-refractivity contribution in [1.82, 2.24) is 10.2 Å². The zero-order valence-electron chi connectivity index (χ0n) is 12.3. The van der Waals surface area contributed by atoms with E-state index in [0.29, 0.717) is 25.9 Å². The first-order chi connectivity index (χ1) is 10.5. The molecule has 2 rings (SSSR count). The van der Waals surface area contributed by atoms with Crippen LogP contribution < -0.4 is 5.32 Å².